The Morgan fingerprint density at radius 2 is 1.97 bits per heavy atom. The highest BCUT2D eigenvalue weighted by molar-refractivity contribution is 6.07. The molecule has 0 radical (unpaired) electrons. The largest absolute Gasteiger partial charge is 0.395 e. The fraction of sp³-hybridized carbons (Fsp3) is 0.250. The molecule has 4 rings (SSSR count). The Hall–Kier alpha value is -3.45. The molecule has 31 heavy (non-hydrogen) atoms. The average Bonchev–Trinajstić information content (AvgIpc) is 3.03. The van der Waals surface area contributed by atoms with Crippen LogP contribution in [0.5, 0.6) is 0 Å². The molecule has 1 aromatic heterocycles. The molecule has 6 nitrogen and oxygen atoms in total. The van der Waals surface area contributed by atoms with Crippen molar-refractivity contribution in [1.82, 2.24) is 9.88 Å². The van der Waals surface area contributed by atoms with Crippen molar-refractivity contribution in [2.45, 2.75) is 32.7 Å². The van der Waals surface area contributed by atoms with Crippen LogP contribution in [-0.2, 0) is 16.1 Å². The number of carbonyl (C=O) groups excluding carboxylic acids is 2. The third-order valence-corrected chi connectivity index (χ3v) is 5.71. The standard InChI is InChI=1S/C24H24FN3O3/c1-14-9-17-10-15(2)28(7-8-29)22(17)12-21(14)27-24(31)20-13-26-23(30)11-19(20)16-3-5-18(25)6-4-16/h3-6,9-10,12-13,19,29H,7-8,11H2,1-2H3,(H,26,30)(H,27,31)/t19-/m0/s1. The van der Waals surface area contributed by atoms with E-state index in [4.69, 9.17) is 0 Å². The number of halogens is 1. The topological polar surface area (TPSA) is 83.4 Å². The van der Waals surface area contributed by atoms with Crippen LogP contribution in [0.15, 0.2) is 54.2 Å². The molecule has 0 fully saturated rings. The fourth-order valence-electron chi connectivity index (χ4n) is 4.12. The first-order valence-electron chi connectivity index (χ1n) is 10.1. The number of nitrogens with zero attached hydrogens (tertiary/aromatic N) is 1. The number of aliphatic hydroxyl groups excluding tert-OH is 1. The van der Waals surface area contributed by atoms with E-state index in [-0.39, 0.29) is 30.7 Å². The Balaban J connectivity index is 1.66. The Bertz CT molecular complexity index is 1190. The molecule has 2 amide bonds. The maximum absolute atomic E-state index is 13.3. The van der Waals surface area contributed by atoms with E-state index in [1.54, 1.807) is 12.1 Å². The predicted octanol–water partition coefficient (Wildman–Crippen LogP) is 3.52. The Labute approximate surface area is 179 Å². The van der Waals surface area contributed by atoms with Gasteiger partial charge in [-0.25, -0.2) is 4.39 Å². The molecule has 7 heteroatoms. The predicted molar refractivity (Wildman–Crippen MR) is 117 cm³/mol. The molecule has 0 unspecified atom stereocenters. The van der Waals surface area contributed by atoms with Crippen LogP contribution in [0.2, 0.25) is 0 Å². The number of aliphatic hydroxyl groups is 1. The van der Waals surface area contributed by atoms with Crippen molar-refractivity contribution in [3.05, 3.63) is 76.9 Å². The van der Waals surface area contributed by atoms with Gasteiger partial charge in [0.15, 0.2) is 0 Å². The number of hydrogen-bond donors (Lipinski definition) is 3. The van der Waals surface area contributed by atoms with E-state index >= 15 is 0 Å². The number of nitrogens with one attached hydrogen (secondary N) is 2. The zero-order valence-corrected chi connectivity index (χ0v) is 17.4. The van der Waals surface area contributed by atoms with E-state index in [0.29, 0.717) is 23.4 Å². The number of aromatic nitrogens is 1. The first-order valence-corrected chi connectivity index (χ1v) is 10.1. The van der Waals surface area contributed by atoms with Gasteiger partial charge >= 0.3 is 0 Å². The van der Waals surface area contributed by atoms with Crippen molar-refractivity contribution in [3.8, 4) is 0 Å². The van der Waals surface area contributed by atoms with E-state index in [2.05, 4.69) is 10.6 Å². The summed E-state index contributed by atoms with van der Waals surface area (Å²) in [5, 5.41) is 16.0. The first-order chi connectivity index (χ1) is 14.9. The second-order valence-electron chi connectivity index (χ2n) is 7.82. The van der Waals surface area contributed by atoms with Crippen molar-refractivity contribution in [2.24, 2.45) is 0 Å². The van der Waals surface area contributed by atoms with Crippen molar-refractivity contribution < 1.29 is 19.1 Å². The molecule has 0 saturated heterocycles. The first kappa shape index (κ1) is 20.8. The second kappa shape index (κ2) is 8.35. The van der Waals surface area contributed by atoms with Crippen LogP contribution in [0.4, 0.5) is 10.1 Å². The van der Waals surface area contributed by atoms with Gasteiger partial charge in [-0.2, -0.15) is 0 Å². The maximum atomic E-state index is 13.3. The number of anilines is 1. The minimum Gasteiger partial charge on any atom is -0.395 e. The lowest BCUT2D eigenvalue weighted by Crippen LogP contribution is -2.32. The van der Waals surface area contributed by atoms with Gasteiger partial charge < -0.3 is 20.3 Å². The van der Waals surface area contributed by atoms with Gasteiger partial charge in [-0.1, -0.05) is 12.1 Å². The minimum absolute atomic E-state index is 0.0200. The smallest absolute Gasteiger partial charge is 0.253 e. The van der Waals surface area contributed by atoms with Crippen molar-refractivity contribution in [2.75, 3.05) is 11.9 Å². The SMILES string of the molecule is Cc1cc2cc(C)n(CCO)c2cc1NC(=O)C1=CNC(=O)C[C@H]1c1ccc(F)cc1. The summed E-state index contributed by atoms with van der Waals surface area (Å²) >= 11 is 0. The van der Waals surface area contributed by atoms with Crippen LogP contribution in [0.1, 0.15) is 29.2 Å². The summed E-state index contributed by atoms with van der Waals surface area (Å²) in [7, 11) is 0. The summed E-state index contributed by atoms with van der Waals surface area (Å²) in [5.41, 5.74) is 4.63. The lowest BCUT2D eigenvalue weighted by atomic mass is 9.86. The summed E-state index contributed by atoms with van der Waals surface area (Å²) in [4.78, 5) is 25.1. The molecule has 2 heterocycles. The van der Waals surface area contributed by atoms with Gasteiger partial charge in [0.2, 0.25) is 5.91 Å². The minimum atomic E-state index is -0.459. The van der Waals surface area contributed by atoms with E-state index < -0.39 is 5.92 Å². The van der Waals surface area contributed by atoms with Gasteiger partial charge in [0, 0.05) is 47.4 Å². The number of benzene rings is 2. The zero-order chi connectivity index (χ0) is 22.1. The molecule has 0 spiro atoms. The summed E-state index contributed by atoms with van der Waals surface area (Å²) in [5.74, 6) is -1.35. The molecule has 0 aliphatic carbocycles. The van der Waals surface area contributed by atoms with E-state index in [1.807, 2.05) is 36.6 Å². The monoisotopic (exact) mass is 421 g/mol. The number of fused-ring (bicyclic) bond motifs is 1. The van der Waals surface area contributed by atoms with Crippen LogP contribution in [0.25, 0.3) is 10.9 Å². The summed E-state index contributed by atoms with van der Waals surface area (Å²) in [6.45, 7) is 4.38. The highest BCUT2D eigenvalue weighted by atomic mass is 19.1. The number of rotatable bonds is 5. The third kappa shape index (κ3) is 4.09. The number of amides is 2. The maximum Gasteiger partial charge on any atom is 0.253 e. The van der Waals surface area contributed by atoms with Gasteiger partial charge in [-0.05, 0) is 55.3 Å². The van der Waals surface area contributed by atoms with Crippen molar-refractivity contribution in [1.29, 1.82) is 0 Å². The number of carbonyl (C=O) groups is 2. The van der Waals surface area contributed by atoms with E-state index in [0.717, 1.165) is 22.2 Å². The van der Waals surface area contributed by atoms with Gasteiger partial charge in [0.25, 0.3) is 5.91 Å². The van der Waals surface area contributed by atoms with Crippen LogP contribution >= 0.6 is 0 Å². The van der Waals surface area contributed by atoms with Gasteiger partial charge in [-0.15, -0.1) is 0 Å². The molecule has 1 aliphatic rings. The van der Waals surface area contributed by atoms with E-state index in [9.17, 15) is 19.1 Å². The van der Waals surface area contributed by atoms with Crippen LogP contribution in [0, 0.1) is 19.7 Å². The Morgan fingerprint density at radius 3 is 2.68 bits per heavy atom. The lowest BCUT2D eigenvalue weighted by Gasteiger charge is -2.24. The fourth-order valence-corrected chi connectivity index (χ4v) is 4.12. The van der Waals surface area contributed by atoms with Gasteiger partial charge in [0.1, 0.15) is 5.82 Å². The quantitative estimate of drug-likeness (QED) is 0.590. The molecule has 0 bridgehead atoms. The molecular weight excluding hydrogens is 397 g/mol. The van der Waals surface area contributed by atoms with Gasteiger partial charge in [0.05, 0.1) is 12.1 Å². The Morgan fingerprint density at radius 1 is 1.23 bits per heavy atom. The highest BCUT2D eigenvalue weighted by Crippen LogP contribution is 2.32. The molecule has 1 aliphatic heterocycles. The molecule has 3 aromatic rings. The molecule has 1 atom stereocenters. The summed E-state index contributed by atoms with van der Waals surface area (Å²) in [6, 6.07) is 11.8. The Kier molecular flexibility index (Phi) is 5.61. The third-order valence-electron chi connectivity index (χ3n) is 5.71. The molecule has 160 valence electrons. The summed E-state index contributed by atoms with van der Waals surface area (Å²) in [6.07, 6.45) is 1.54. The molecule has 3 N–H and O–H groups in total. The second-order valence-corrected chi connectivity index (χ2v) is 7.82. The van der Waals surface area contributed by atoms with Crippen LogP contribution < -0.4 is 10.6 Å². The average molecular weight is 421 g/mol. The molecule has 2 aromatic carbocycles. The van der Waals surface area contributed by atoms with Crippen LogP contribution in [0.3, 0.4) is 0 Å². The van der Waals surface area contributed by atoms with Crippen LogP contribution in [-0.4, -0.2) is 28.1 Å². The number of aryl methyl sites for hydroxylation is 2. The van der Waals surface area contributed by atoms with E-state index in [1.165, 1.54) is 18.3 Å². The normalized spacial score (nSPS) is 16.2. The molecule has 0 saturated carbocycles. The molecular formula is C24H24FN3O3. The van der Waals surface area contributed by atoms with Crippen molar-refractivity contribution in [3.63, 3.8) is 0 Å². The lowest BCUT2D eigenvalue weighted by molar-refractivity contribution is -0.121. The highest BCUT2D eigenvalue weighted by Gasteiger charge is 2.29. The summed E-state index contributed by atoms with van der Waals surface area (Å²) < 4.78 is 15.4. The number of hydrogen-bond acceptors (Lipinski definition) is 3. The van der Waals surface area contributed by atoms with Gasteiger partial charge in [-0.3, -0.25) is 9.59 Å². The zero-order valence-electron chi connectivity index (χ0n) is 17.4. The van der Waals surface area contributed by atoms with Crippen molar-refractivity contribution >= 4 is 28.4 Å².